The van der Waals surface area contributed by atoms with Crippen LogP contribution in [0.2, 0.25) is 5.02 Å². The Balaban J connectivity index is 1.48. The van der Waals surface area contributed by atoms with Crippen LogP contribution in [0.4, 0.5) is 32.8 Å². The quantitative estimate of drug-likeness (QED) is 0.216. The van der Waals surface area contributed by atoms with Gasteiger partial charge in [0.15, 0.2) is 11.6 Å². The molecule has 5 heterocycles. The lowest BCUT2D eigenvalue weighted by Gasteiger charge is -2.34. The molecule has 2 N–H and O–H groups in total. The van der Waals surface area contributed by atoms with Gasteiger partial charge in [-0.25, -0.2) is 22.0 Å². The van der Waals surface area contributed by atoms with Crippen molar-refractivity contribution in [2.45, 2.75) is 56.8 Å². The summed E-state index contributed by atoms with van der Waals surface area (Å²) in [6, 6.07) is 3.61. The van der Waals surface area contributed by atoms with Crippen molar-refractivity contribution in [1.29, 1.82) is 5.26 Å². The van der Waals surface area contributed by atoms with Crippen LogP contribution in [0.15, 0.2) is 12.1 Å². The lowest BCUT2D eigenvalue weighted by atomic mass is 9.95. The van der Waals surface area contributed by atoms with Crippen molar-refractivity contribution >= 4 is 54.7 Å². The van der Waals surface area contributed by atoms with Gasteiger partial charge < -0.3 is 20.1 Å². The number of nitrogens with zero attached hydrogens (tertiary/aromatic N) is 5. The monoisotopic (exact) mass is 678 g/mol. The van der Waals surface area contributed by atoms with E-state index in [0.717, 1.165) is 23.8 Å². The number of aromatic nitrogens is 2. The summed E-state index contributed by atoms with van der Waals surface area (Å²) in [5, 5.41) is 9.73. The van der Waals surface area contributed by atoms with Crippen molar-refractivity contribution in [3.63, 3.8) is 0 Å². The van der Waals surface area contributed by atoms with E-state index >= 15 is 4.39 Å². The number of alkyl halides is 3. The summed E-state index contributed by atoms with van der Waals surface area (Å²) in [7, 11) is 0. The van der Waals surface area contributed by atoms with Gasteiger partial charge in [0.25, 0.3) is 6.43 Å². The molecule has 2 fully saturated rings. The van der Waals surface area contributed by atoms with E-state index in [9.17, 15) is 22.8 Å². The van der Waals surface area contributed by atoms with Crippen LogP contribution < -0.4 is 20.1 Å². The highest BCUT2D eigenvalue weighted by Gasteiger charge is 2.49. The van der Waals surface area contributed by atoms with Gasteiger partial charge in [0, 0.05) is 36.4 Å². The van der Waals surface area contributed by atoms with E-state index in [0.29, 0.717) is 19.4 Å². The maximum absolute atomic E-state index is 17.0. The predicted octanol–water partition coefficient (Wildman–Crippen LogP) is 7.09. The first kappa shape index (κ1) is 31.0. The number of fused-ring (bicyclic) bond motifs is 2. The number of ether oxygens (including phenoxy) is 2. The fourth-order valence-corrected chi connectivity index (χ4v) is 8.43. The second-order valence-electron chi connectivity index (χ2n) is 12.0. The van der Waals surface area contributed by atoms with Gasteiger partial charge in [-0.3, -0.25) is 4.90 Å². The molecular formula is C31H28ClF5N6O2S. The van der Waals surface area contributed by atoms with Crippen LogP contribution in [0, 0.1) is 23.0 Å². The number of rotatable bonds is 6. The van der Waals surface area contributed by atoms with Crippen LogP contribution in [-0.2, 0) is 0 Å². The molecule has 8 nitrogen and oxygen atoms in total. The second kappa shape index (κ2) is 11.5. The smallest absolute Gasteiger partial charge is 0.319 e. The highest BCUT2D eigenvalue weighted by Crippen LogP contribution is 2.51. The van der Waals surface area contributed by atoms with Gasteiger partial charge >= 0.3 is 6.01 Å². The Morgan fingerprint density at radius 1 is 1.28 bits per heavy atom. The van der Waals surface area contributed by atoms with E-state index in [4.69, 9.17) is 26.8 Å². The molecule has 7 rings (SSSR count). The first-order chi connectivity index (χ1) is 22.0. The van der Waals surface area contributed by atoms with Gasteiger partial charge in [0.05, 0.1) is 39.4 Å². The standard InChI is InChI=1S/C31H28ClF5N6O2S/c1-14-5-8-44-26-22-25(24(37)21(23(26)32)16-3-4-18(34)27-20(16)17(10-38)28(39)46-27)40-30(41-29(22)43(14)12-19(35)36)45-13-31-6-2-7-42(31)11-15(33)9-31/h3-4,14-15,19H,2,5-9,11-13,39H2,1H3/t14-,15-,31+/m1/s1. The first-order valence-corrected chi connectivity index (χ1v) is 16.1. The number of halogens is 6. The highest BCUT2D eigenvalue weighted by atomic mass is 35.5. The first-order valence-electron chi connectivity index (χ1n) is 14.9. The fourth-order valence-electron chi connectivity index (χ4n) is 7.15. The van der Waals surface area contributed by atoms with Crippen LogP contribution in [0.3, 0.4) is 0 Å². The van der Waals surface area contributed by atoms with Gasteiger partial charge in [-0.1, -0.05) is 17.7 Å². The third kappa shape index (κ3) is 4.86. The molecule has 0 spiro atoms. The van der Waals surface area contributed by atoms with E-state index < -0.39 is 42.4 Å². The summed E-state index contributed by atoms with van der Waals surface area (Å²) in [5.41, 5.74) is 4.94. The number of hydrogen-bond donors (Lipinski definition) is 1. The molecule has 0 bridgehead atoms. The van der Waals surface area contributed by atoms with Gasteiger partial charge in [0.2, 0.25) is 0 Å². The Bertz CT molecular complexity index is 1920. The summed E-state index contributed by atoms with van der Waals surface area (Å²) < 4.78 is 86.5. The summed E-state index contributed by atoms with van der Waals surface area (Å²) >= 11 is 7.74. The molecule has 15 heteroatoms. The largest absolute Gasteiger partial charge is 0.491 e. The highest BCUT2D eigenvalue weighted by molar-refractivity contribution is 7.23. The Morgan fingerprint density at radius 2 is 2.09 bits per heavy atom. The Morgan fingerprint density at radius 3 is 2.85 bits per heavy atom. The summed E-state index contributed by atoms with van der Waals surface area (Å²) in [5.74, 6) is -1.72. The Kier molecular flexibility index (Phi) is 7.76. The molecule has 2 aromatic carbocycles. The van der Waals surface area contributed by atoms with Crippen LogP contribution >= 0.6 is 22.9 Å². The minimum absolute atomic E-state index is 0.0203. The third-order valence-electron chi connectivity index (χ3n) is 9.29. The molecule has 2 saturated heterocycles. The lowest BCUT2D eigenvalue weighted by molar-refractivity contribution is 0.107. The number of hydrogen-bond acceptors (Lipinski definition) is 9. The van der Waals surface area contributed by atoms with Crippen LogP contribution in [-0.4, -0.2) is 71.9 Å². The Hall–Kier alpha value is -3.67. The van der Waals surface area contributed by atoms with E-state index in [-0.39, 0.29) is 91.5 Å². The van der Waals surface area contributed by atoms with E-state index in [1.807, 2.05) is 11.0 Å². The predicted molar refractivity (Wildman–Crippen MR) is 166 cm³/mol. The molecule has 2 aromatic heterocycles. The van der Waals surface area contributed by atoms with Gasteiger partial charge in [-0.15, -0.1) is 11.3 Å². The van der Waals surface area contributed by atoms with Gasteiger partial charge in [-0.05, 0) is 37.9 Å². The van der Waals surface area contributed by atoms with E-state index in [1.165, 1.54) is 11.0 Å². The maximum Gasteiger partial charge on any atom is 0.319 e. The molecule has 0 amide bonds. The minimum Gasteiger partial charge on any atom is -0.491 e. The number of thiophene rings is 1. The number of nitriles is 1. The molecule has 0 unspecified atom stereocenters. The summed E-state index contributed by atoms with van der Waals surface area (Å²) in [6.45, 7) is 2.09. The number of anilines is 2. The zero-order chi connectivity index (χ0) is 32.5. The molecule has 46 heavy (non-hydrogen) atoms. The van der Waals surface area contributed by atoms with Crippen molar-refractivity contribution < 1.29 is 31.4 Å². The molecular weight excluding hydrogens is 651 g/mol. The average Bonchev–Trinajstić information content (AvgIpc) is 3.66. The SMILES string of the molecule is C[C@@H]1CCOc2c(Cl)c(-c3ccc(F)c4sc(N)c(C#N)c34)c(F)c3nc(OC[C@@]45CCCN4C[C@H](F)C5)nc(c23)N1CC(F)F. The van der Waals surface area contributed by atoms with Gasteiger partial charge in [0.1, 0.15) is 41.0 Å². The zero-order valence-corrected chi connectivity index (χ0v) is 26.1. The topological polar surface area (TPSA) is 101 Å². The minimum atomic E-state index is -2.76. The summed E-state index contributed by atoms with van der Waals surface area (Å²) in [6.07, 6.45) is -1.66. The molecule has 0 radical (unpaired) electrons. The number of nitrogens with two attached hydrogens (primary N) is 1. The third-order valence-corrected chi connectivity index (χ3v) is 10.7. The van der Waals surface area contributed by atoms with E-state index in [1.54, 1.807) is 6.92 Å². The maximum atomic E-state index is 17.0. The molecule has 3 aliphatic heterocycles. The zero-order valence-electron chi connectivity index (χ0n) is 24.6. The Labute approximate surface area is 269 Å². The molecule has 0 aliphatic carbocycles. The number of nitrogen functional groups attached to an aromatic ring is 1. The lowest BCUT2D eigenvalue weighted by Crippen LogP contribution is -2.43. The molecule has 242 valence electrons. The normalized spacial score (nSPS) is 23.1. The molecule has 4 aromatic rings. The molecule has 3 aliphatic rings. The molecule has 3 atom stereocenters. The van der Waals surface area contributed by atoms with E-state index in [2.05, 4.69) is 9.97 Å². The second-order valence-corrected chi connectivity index (χ2v) is 13.5. The van der Waals surface area contributed by atoms with Gasteiger partial charge in [-0.2, -0.15) is 15.2 Å². The van der Waals surface area contributed by atoms with Crippen molar-refractivity contribution in [3.05, 3.63) is 34.4 Å². The van der Waals surface area contributed by atoms with Crippen LogP contribution in [0.5, 0.6) is 11.8 Å². The average molecular weight is 679 g/mol. The van der Waals surface area contributed by atoms with Crippen molar-refractivity contribution in [1.82, 2.24) is 14.9 Å². The van der Waals surface area contributed by atoms with Crippen molar-refractivity contribution in [2.24, 2.45) is 0 Å². The molecule has 0 saturated carbocycles. The van der Waals surface area contributed by atoms with Crippen molar-refractivity contribution in [2.75, 3.05) is 43.5 Å². The van der Waals surface area contributed by atoms with Crippen molar-refractivity contribution in [3.8, 4) is 29.0 Å². The summed E-state index contributed by atoms with van der Waals surface area (Å²) in [4.78, 5) is 12.3. The van der Waals surface area contributed by atoms with Crippen LogP contribution in [0.25, 0.3) is 32.1 Å². The number of benzene rings is 2. The van der Waals surface area contributed by atoms with Crippen LogP contribution in [0.1, 0.15) is 38.2 Å². The fraction of sp³-hybridized carbons (Fsp3) is 0.452.